The van der Waals surface area contributed by atoms with Crippen LogP contribution in [-0.4, -0.2) is 21.8 Å². The molecule has 0 unspecified atom stereocenters. The number of amides is 1. The monoisotopic (exact) mass is 373 g/mol. The van der Waals surface area contributed by atoms with E-state index >= 15 is 0 Å². The molecule has 0 saturated carbocycles. The summed E-state index contributed by atoms with van der Waals surface area (Å²) in [6.45, 7) is 3.49. The van der Waals surface area contributed by atoms with Crippen molar-refractivity contribution in [3.05, 3.63) is 52.0 Å². The number of nitrogens with zero attached hydrogens (tertiary/aromatic N) is 2. The molecule has 1 N–H and O–H groups in total. The molecule has 1 amide bonds. The summed E-state index contributed by atoms with van der Waals surface area (Å²) in [5.41, 5.74) is 3.08. The van der Waals surface area contributed by atoms with Gasteiger partial charge in [-0.1, -0.05) is 29.8 Å². The van der Waals surface area contributed by atoms with E-state index in [0.717, 1.165) is 10.6 Å². The molecule has 128 valence electrons. The fraction of sp³-hybridized carbons (Fsp3) is 0.176. The van der Waals surface area contributed by atoms with Crippen molar-refractivity contribution in [1.29, 1.82) is 0 Å². The molecule has 0 radical (unpaired) electrons. The van der Waals surface area contributed by atoms with Crippen LogP contribution >= 0.6 is 22.7 Å². The SMILES string of the molecule is CC(=O)Nc1nc(C(=O)OCc2csc(-c3ccc(C)cc3)n2)cs1. The smallest absolute Gasteiger partial charge is 0.358 e. The van der Waals surface area contributed by atoms with Crippen LogP contribution in [0.2, 0.25) is 0 Å². The lowest BCUT2D eigenvalue weighted by molar-refractivity contribution is -0.114. The van der Waals surface area contributed by atoms with E-state index in [1.165, 1.54) is 35.2 Å². The Balaban J connectivity index is 1.60. The van der Waals surface area contributed by atoms with Crippen LogP contribution < -0.4 is 5.32 Å². The molecule has 3 rings (SSSR count). The molecule has 0 atom stereocenters. The first-order valence-electron chi connectivity index (χ1n) is 7.43. The molecular formula is C17H15N3O3S2. The lowest BCUT2D eigenvalue weighted by atomic mass is 10.2. The Bertz CT molecular complexity index is 900. The lowest BCUT2D eigenvalue weighted by Gasteiger charge is -2.00. The highest BCUT2D eigenvalue weighted by atomic mass is 32.1. The van der Waals surface area contributed by atoms with Crippen molar-refractivity contribution in [1.82, 2.24) is 9.97 Å². The van der Waals surface area contributed by atoms with E-state index in [4.69, 9.17) is 4.74 Å². The van der Waals surface area contributed by atoms with Crippen molar-refractivity contribution in [2.75, 3.05) is 5.32 Å². The number of aromatic nitrogens is 2. The maximum absolute atomic E-state index is 12.0. The molecule has 2 heterocycles. The summed E-state index contributed by atoms with van der Waals surface area (Å²) in [6, 6.07) is 8.10. The second-order valence-corrected chi connectivity index (χ2v) is 7.02. The number of ether oxygens (including phenoxy) is 1. The van der Waals surface area contributed by atoms with Crippen LogP contribution in [0.4, 0.5) is 5.13 Å². The van der Waals surface area contributed by atoms with E-state index in [9.17, 15) is 9.59 Å². The summed E-state index contributed by atoms with van der Waals surface area (Å²) in [4.78, 5) is 31.5. The number of thiazole rings is 2. The van der Waals surface area contributed by atoms with Crippen LogP contribution in [0.25, 0.3) is 10.6 Å². The van der Waals surface area contributed by atoms with E-state index in [0.29, 0.717) is 10.8 Å². The molecule has 3 aromatic rings. The number of benzene rings is 1. The molecule has 6 nitrogen and oxygen atoms in total. The average molecular weight is 373 g/mol. The lowest BCUT2D eigenvalue weighted by Crippen LogP contribution is -2.08. The van der Waals surface area contributed by atoms with E-state index in [1.807, 2.05) is 36.6 Å². The minimum Gasteiger partial charge on any atom is -0.454 e. The molecule has 0 fully saturated rings. The molecule has 25 heavy (non-hydrogen) atoms. The van der Waals surface area contributed by atoms with Gasteiger partial charge in [0.15, 0.2) is 10.8 Å². The van der Waals surface area contributed by atoms with Gasteiger partial charge in [0, 0.05) is 23.2 Å². The number of anilines is 1. The predicted octanol–water partition coefficient (Wildman–Crippen LogP) is 3.89. The Labute approximate surface area is 152 Å². The number of carbonyl (C=O) groups is 2. The van der Waals surface area contributed by atoms with Gasteiger partial charge in [-0.25, -0.2) is 14.8 Å². The van der Waals surface area contributed by atoms with Crippen molar-refractivity contribution < 1.29 is 14.3 Å². The summed E-state index contributed by atoms with van der Waals surface area (Å²) >= 11 is 2.68. The number of esters is 1. The second kappa shape index (κ2) is 7.54. The zero-order valence-electron chi connectivity index (χ0n) is 13.6. The van der Waals surface area contributed by atoms with Crippen LogP contribution in [0.5, 0.6) is 0 Å². The molecule has 0 aliphatic heterocycles. The first kappa shape index (κ1) is 17.2. The van der Waals surface area contributed by atoms with E-state index in [2.05, 4.69) is 15.3 Å². The quantitative estimate of drug-likeness (QED) is 0.686. The maximum atomic E-state index is 12.0. The van der Waals surface area contributed by atoms with E-state index in [-0.39, 0.29) is 18.2 Å². The van der Waals surface area contributed by atoms with Crippen LogP contribution in [0.3, 0.4) is 0 Å². The third-order valence-corrected chi connectivity index (χ3v) is 4.90. The van der Waals surface area contributed by atoms with Crippen LogP contribution in [0, 0.1) is 6.92 Å². The van der Waals surface area contributed by atoms with E-state index in [1.54, 1.807) is 5.38 Å². The number of nitrogens with one attached hydrogen (secondary N) is 1. The molecule has 8 heteroatoms. The van der Waals surface area contributed by atoms with Gasteiger partial charge in [-0.05, 0) is 6.92 Å². The Morgan fingerprint density at radius 2 is 1.88 bits per heavy atom. The summed E-state index contributed by atoms with van der Waals surface area (Å²) in [5.74, 6) is -0.780. The molecule has 2 aromatic heterocycles. The van der Waals surface area contributed by atoms with Crippen molar-refractivity contribution >= 4 is 39.7 Å². The minimum atomic E-state index is -0.544. The van der Waals surface area contributed by atoms with Gasteiger partial charge >= 0.3 is 5.97 Å². The second-order valence-electron chi connectivity index (χ2n) is 5.31. The molecule has 1 aromatic carbocycles. The summed E-state index contributed by atoms with van der Waals surface area (Å²) in [7, 11) is 0. The fourth-order valence-electron chi connectivity index (χ4n) is 1.99. The van der Waals surface area contributed by atoms with Gasteiger partial charge in [0.2, 0.25) is 5.91 Å². The van der Waals surface area contributed by atoms with E-state index < -0.39 is 5.97 Å². The third-order valence-electron chi connectivity index (χ3n) is 3.20. The molecule has 0 saturated heterocycles. The first-order valence-corrected chi connectivity index (χ1v) is 9.19. The average Bonchev–Trinajstić information content (AvgIpc) is 3.22. The van der Waals surface area contributed by atoms with Gasteiger partial charge in [-0.2, -0.15) is 0 Å². The van der Waals surface area contributed by atoms with Crippen molar-refractivity contribution in [3.8, 4) is 10.6 Å². The minimum absolute atomic E-state index is 0.0776. The van der Waals surface area contributed by atoms with Gasteiger partial charge in [0.25, 0.3) is 0 Å². The summed E-state index contributed by atoms with van der Waals surface area (Å²) < 4.78 is 5.24. The Morgan fingerprint density at radius 3 is 2.60 bits per heavy atom. The predicted molar refractivity (Wildman–Crippen MR) is 97.8 cm³/mol. The Hall–Kier alpha value is -2.58. The zero-order chi connectivity index (χ0) is 17.8. The zero-order valence-corrected chi connectivity index (χ0v) is 15.2. The normalized spacial score (nSPS) is 10.5. The number of aryl methyl sites for hydroxylation is 1. The molecule has 0 aliphatic carbocycles. The standard InChI is InChI=1S/C17H15N3O3S2/c1-10-3-5-12(6-4-10)15-19-13(8-24-15)7-23-16(22)14-9-25-17(20-14)18-11(2)21/h3-6,8-9H,7H2,1-2H3,(H,18,20,21). The Kier molecular flexibility index (Phi) is 5.20. The molecular weight excluding hydrogens is 358 g/mol. The van der Waals surface area contributed by atoms with Gasteiger partial charge in [0.05, 0.1) is 5.69 Å². The molecule has 0 aliphatic rings. The number of hydrogen-bond acceptors (Lipinski definition) is 7. The van der Waals surface area contributed by atoms with Crippen molar-refractivity contribution in [2.24, 2.45) is 0 Å². The highest BCUT2D eigenvalue weighted by Gasteiger charge is 2.14. The first-order chi connectivity index (χ1) is 12.0. The third kappa shape index (κ3) is 4.49. The van der Waals surface area contributed by atoms with Gasteiger partial charge < -0.3 is 10.1 Å². The van der Waals surface area contributed by atoms with Gasteiger partial charge in [0.1, 0.15) is 11.6 Å². The van der Waals surface area contributed by atoms with Gasteiger partial charge in [-0.15, -0.1) is 22.7 Å². The summed E-state index contributed by atoms with van der Waals surface area (Å²) in [6.07, 6.45) is 0. The number of hydrogen-bond donors (Lipinski definition) is 1. The van der Waals surface area contributed by atoms with Gasteiger partial charge in [-0.3, -0.25) is 4.79 Å². The largest absolute Gasteiger partial charge is 0.454 e. The van der Waals surface area contributed by atoms with Crippen molar-refractivity contribution in [3.63, 3.8) is 0 Å². The number of carbonyl (C=O) groups excluding carboxylic acids is 2. The fourth-order valence-corrected chi connectivity index (χ4v) is 3.53. The number of rotatable bonds is 5. The summed E-state index contributed by atoms with van der Waals surface area (Å²) in [5, 5.41) is 7.20. The van der Waals surface area contributed by atoms with Crippen molar-refractivity contribution in [2.45, 2.75) is 20.5 Å². The highest BCUT2D eigenvalue weighted by Crippen LogP contribution is 2.24. The molecule has 0 spiro atoms. The highest BCUT2D eigenvalue weighted by molar-refractivity contribution is 7.14. The van der Waals surface area contributed by atoms with Crippen LogP contribution in [0.1, 0.15) is 28.7 Å². The Morgan fingerprint density at radius 1 is 1.12 bits per heavy atom. The topological polar surface area (TPSA) is 81.2 Å². The van der Waals surface area contributed by atoms with Crippen LogP contribution in [-0.2, 0) is 16.1 Å². The van der Waals surface area contributed by atoms with Crippen LogP contribution in [0.15, 0.2) is 35.0 Å². The molecule has 0 bridgehead atoms. The maximum Gasteiger partial charge on any atom is 0.358 e.